The summed E-state index contributed by atoms with van der Waals surface area (Å²) in [7, 11) is 0. The van der Waals surface area contributed by atoms with Gasteiger partial charge >= 0.3 is 5.69 Å². The predicted octanol–water partition coefficient (Wildman–Crippen LogP) is 2.72. The quantitative estimate of drug-likeness (QED) is 0.807. The molecule has 0 bridgehead atoms. The average Bonchev–Trinajstić information content (AvgIpc) is 2.98. The van der Waals surface area contributed by atoms with Crippen molar-refractivity contribution in [3.63, 3.8) is 0 Å². The lowest BCUT2D eigenvalue weighted by atomic mass is 10.3. The van der Waals surface area contributed by atoms with Crippen molar-refractivity contribution in [3.8, 4) is 5.69 Å². The molecule has 2 aromatic heterocycles. The van der Waals surface area contributed by atoms with E-state index in [2.05, 4.69) is 10.1 Å². The smallest absolute Gasteiger partial charge is 0.305 e. The largest absolute Gasteiger partial charge is 0.331 e. The van der Waals surface area contributed by atoms with Crippen LogP contribution in [0.2, 0.25) is 5.02 Å². The molecule has 5 nitrogen and oxygen atoms in total. The second-order valence-corrected chi connectivity index (χ2v) is 4.89. The monoisotopic (exact) mass is 294 g/mol. The average molecular weight is 295 g/mol. The fourth-order valence-electron chi connectivity index (χ4n) is 2.20. The Hall–Kier alpha value is -2.08. The van der Waals surface area contributed by atoms with Gasteiger partial charge in [-0.25, -0.2) is 9.18 Å². The Morgan fingerprint density at radius 3 is 3.00 bits per heavy atom. The summed E-state index contributed by atoms with van der Waals surface area (Å²) in [6.45, 7) is 2.76. The van der Waals surface area contributed by atoms with Crippen LogP contribution in [0, 0.1) is 5.82 Å². The molecule has 20 heavy (non-hydrogen) atoms. The second kappa shape index (κ2) is 4.79. The highest BCUT2D eigenvalue weighted by molar-refractivity contribution is 6.31. The van der Waals surface area contributed by atoms with E-state index in [1.54, 1.807) is 16.9 Å². The van der Waals surface area contributed by atoms with Gasteiger partial charge in [0.25, 0.3) is 0 Å². The number of imidazole rings is 1. The van der Waals surface area contributed by atoms with Gasteiger partial charge in [0.2, 0.25) is 0 Å². The third-order valence-electron chi connectivity index (χ3n) is 3.07. The Kier molecular flexibility index (Phi) is 3.10. The van der Waals surface area contributed by atoms with Crippen LogP contribution in [-0.4, -0.2) is 19.3 Å². The number of H-pyrrole nitrogens is 1. The Labute approximate surface area is 118 Å². The highest BCUT2D eigenvalue weighted by Gasteiger charge is 2.16. The van der Waals surface area contributed by atoms with Crippen molar-refractivity contribution in [3.05, 3.63) is 45.9 Å². The van der Waals surface area contributed by atoms with Crippen LogP contribution in [0.5, 0.6) is 0 Å². The zero-order valence-electron chi connectivity index (χ0n) is 10.7. The number of nitrogens with one attached hydrogen (secondary N) is 1. The van der Waals surface area contributed by atoms with Crippen LogP contribution in [0.15, 0.2) is 29.3 Å². The highest BCUT2D eigenvalue weighted by Crippen LogP contribution is 2.24. The van der Waals surface area contributed by atoms with Crippen LogP contribution < -0.4 is 5.69 Å². The predicted molar refractivity (Wildman–Crippen MR) is 74.9 cm³/mol. The Bertz CT molecular complexity index is 833. The van der Waals surface area contributed by atoms with Gasteiger partial charge in [0, 0.05) is 12.7 Å². The molecule has 0 unspecified atom stereocenters. The van der Waals surface area contributed by atoms with Gasteiger partial charge in [-0.05, 0) is 18.6 Å². The van der Waals surface area contributed by atoms with Crippen LogP contribution >= 0.6 is 11.6 Å². The molecule has 3 aromatic rings. The summed E-state index contributed by atoms with van der Waals surface area (Å²) in [6, 6.07) is 3.00. The zero-order valence-corrected chi connectivity index (χ0v) is 11.5. The number of fused-ring (bicyclic) bond motifs is 1. The molecule has 3 rings (SSSR count). The van der Waals surface area contributed by atoms with E-state index in [0.29, 0.717) is 11.2 Å². The number of aryl methyl sites for hydroxylation is 1. The van der Waals surface area contributed by atoms with E-state index in [1.165, 1.54) is 16.8 Å². The molecule has 0 aliphatic heterocycles. The third kappa shape index (κ3) is 1.92. The number of hydrogen-bond acceptors (Lipinski definition) is 2. The molecule has 0 aliphatic rings. The Morgan fingerprint density at radius 2 is 2.25 bits per heavy atom. The molecule has 0 aliphatic carbocycles. The molecule has 0 saturated heterocycles. The number of benzene rings is 1. The molecule has 1 aromatic carbocycles. The van der Waals surface area contributed by atoms with Gasteiger partial charge in [-0.2, -0.15) is 5.10 Å². The molecule has 0 radical (unpaired) electrons. The summed E-state index contributed by atoms with van der Waals surface area (Å²) in [5.41, 5.74) is 0.631. The molecule has 0 saturated carbocycles. The first kappa shape index (κ1) is 12.9. The fourth-order valence-corrected chi connectivity index (χ4v) is 2.35. The number of halogens is 2. The number of nitrogens with zero attached hydrogens (tertiary/aromatic N) is 3. The fraction of sp³-hybridized carbons (Fsp3) is 0.231. The number of aromatic nitrogens is 4. The van der Waals surface area contributed by atoms with Gasteiger partial charge in [-0.3, -0.25) is 9.25 Å². The molecule has 0 amide bonds. The summed E-state index contributed by atoms with van der Waals surface area (Å²) in [5, 5.41) is 4.13. The van der Waals surface area contributed by atoms with Gasteiger partial charge in [0.1, 0.15) is 5.52 Å². The molecular weight excluding hydrogens is 283 g/mol. The summed E-state index contributed by atoms with van der Waals surface area (Å²) in [4.78, 5) is 14.6. The lowest BCUT2D eigenvalue weighted by molar-refractivity contribution is 0.602. The van der Waals surface area contributed by atoms with E-state index in [-0.39, 0.29) is 10.5 Å². The van der Waals surface area contributed by atoms with E-state index < -0.39 is 11.5 Å². The minimum absolute atomic E-state index is 0.0220. The van der Waals surface area contributed by atoms with Crippen molar-refractivity contribution in [2.45, 2.75) is 19.9 Å². The SMILES string of the molecule is CCCn1cc(-n2c(=O)[nH]c3ccc(Cl)c(F)c32)cn1. The summed E-state index contributed by atoms with van der Waals surface area (Å²) in [6.07, 6.45) is 4.16. The normalized spacial score (nSPS) is 11.3. The molecule has 0 atom stereocenters. The first-order valence-electron chi connectivity index (χ1n) is 6.23. The van der Waals surface area contributed by atoms with Crippen molar-refractivity contribution >= 4 is 22.6 Å². The van der Waals surface area contributed by atoms with Gasteiger partial charge in [-0.15, -0.1) is 0 Å². The first-order valence-corrected chi connectivity index (χ1v) is 6.61. The van der Waals surface area contributed by atoms with Crippen molar-refractivity contribution in [2.24, 2.45) is 0 Å². The number of aromatic amines is 1. The van der Waals surface area contributed by atoms with Crippen LogP contribution in [0.3, 0.4) is 0 Å². The number of hydrogen-bond donors (Lipinski definition) is 1. The summed E-state index contributed by atoms with van der Waals surface area (Å²) in [5.74, 6) is -0.620. The molecule has 0 spiro atoms. The highest BCUT2D eigenvalue weighted by atomic mass is 35.5. The Morgan fingerprint density at radius 1 is 1.45 bits per heavy atom. The second-order valence-electron chi connectivity index (χ2n) is 4.48. The molecular formula is C13H12ClFN4O. The molecule has 1 N–H and O–H groups in total. The first-order chi connectivity index (χ1) is 9.61. The van der Waals surface area contributed by atoms with Crippen LogP contribution in [0.25, 0.3) is 16.7 Å². The van der Waals surface area contributed by atoms with Crippen molar-refractivity contribution in [1.29, 1.82) is 0 Å². The van der Waals surface area contributed by atoms with E-state index in [0.717, 1.165) is 13.0 Å². The lowest BCUT2D eigenvalue weighted by Gasteiger charge is -2.01. The van der Waals surface area contributed by atoms with Gasteiger partial charge in [-0.1, -0.05) is 18.5 Å². The minimum atomic E-state index is -0.620. The maximum absolute atomic E-state index is 14.2. The van der Waals surface area contributed by atoms with E-state index in [4.69, 9.17) is 11.6 Å². The van der Waals surface area contributed by atoms with Crippen LogP contribution in [0.4, 0.5) is 4.39 Å². The summed E-state index contributed by atoms with van der Waals surface area (Å²) >= 11 is 5.79. The molecule has 2 heterocycles. The zero-order chi connectivity index (χ0) is 14.3. The third-order valence-corrected chi connectivity index (χ3v) is 3.36. The van der Waals surface area contributed by atoms with E-state index in [9.17, 15) is 9.18 Å². The maximum Gasteiger partial charge on any atom is 0.331 e. The van der Waals surface area contributed by atoms with Crippen molar-refractivity contribution < 1.29 is 4.39 Å². The van der Waals surface area contributed by atoms with E-state index >= 15 is 0 Å². The Balaban J connectivity index is 2.26. The minimum Gasteiger partial charge on any atom is -0.305 e. The molecule has 0 fully saturated rings. The standard InChI is InChI=1S/C13H12ClFN4O/c1-2-5-18-7-8(6-16-18)19-12-10(17-13(19)20)4-3-9(14)11(12)15/h3-4,6-7H,2,5H2,1H3,(H,17,20). The summed E-state index contributed by atoms with van der Waals surface area (Å²) < 4.78 is 17.1. The van der Waals surface area contributed by atoms with Gasteiger partial charge in [0.05, 0.1) is 22.4 Å². The van der Waals surface area contributed by atoms with Gasteiger partial charge in [0.15, 0.2) is 5.82 Å². The van der Waals surface area contributed by atoms with Crippen molar-refractivity contribution in [2.75, 3.05) is 0 Å². The van der Waals surface area contributed by atoms with Crippen molar-refractivity contribution in [1.82, 2.24) is 19.3 Å². The lowest BCUT2D eigenvalue weighted by Crippen LogP contribution is -2.14. The number of rotatable bonds is 3. The van der Waals surface area contributed by atoms with E-state index in [1.807, 2.05) is 6.92 Å². The topological polar surface area (TPSA) is 55.6 Å². The van der Waals surface area contributed by atoms with Crippen LogP contribution in [0.1, 0.15) is 13.3 Å². The maximum atomic E-state index is 14.2. The molecule has 7 heteroatoms. The van der Waals surface area contributed by atoms with Crippen LogP contribution in [-0.2, 0) is 6.54 Å². The van der Waals surface area contributed by atoms with Gasteiger partial charge < -0.3 is 4.98 Å². The molecule has 104 valence electrons.